The Kier molecular flexibility index (Phi) is 10.9. The van der Waals surface area contributed by atoms with Crippen molar-refractivity contribution < 1.29 is 37.1 Å². The van der Waals surface area contributed by atoms with Gasteiger partial charge in [0.05, 0.1) is 23.9 Å². The van der Waals surface area contributed by atoms with Crippen molar-refractivity contribution >= 4 is 56.0 Å². The number of fused-ring (bicyclic) bond motifs is 3. The third-order valence-corrected chi connectivity index (χ3v) is 13.6. The molecule has 5 atom stereocenters. The van der Waals surface area contributed by atoms with E-state index in [1.807, 2.05) is 17.1 Å². The summed E-state index contributed by atoms with van der Waals surface area (Å²) in [5.41, 5.74) is -1.47. The number of pyridine rings is 1. The first-order valence-corrected chi connectivity index (χ1v) is 20.8. The van der Waals surface area contributed by atoms with E-state index in [-0.39, 0.29) is 43.5 Å². The number of sulfonamides is 1. The molecule has 1 aromatic carbocycles. The maximum Gasteiger partial charge on any atom is 0.259 e. The maximum atomic E-state index is 14.6. The number of hydrogen-bond acceptors (Lipinski definition) is 9. The second-order valence-electron chi connectivity index (χ2n) is 15.1. The molecule has 286 valence electrons. The van der Waals surface area contributed by atoms with Gasteiger partial charge in [-0.2, -0.15) is 0 Å². The van der Waals surface area contributed by atoms with Crippen molar-refractivity contribution in [3.05, 3.63) is 41.6 Å². The second-order valence-corrected chi connectivity index (χ2v) is 17.5. The van der Waals surface area contributed by atoms with Crippen molar-refractivity contribution in [3.63, 3.8) is 0 Å². The Morgan fingerprint density at radius 1 is 1.04 bits per heavy atom. The SMILES string of the molecule is COc1ccc2c(O[C@@H]3C[C@H]4C(=O)NC5(C(=O)NS(=O)(=O)C6CC6)C[C@H]5/C=C\CCCCC[C@H](CC(=O)N5CCCCC5)C(=O)N4C3)nccc2c1Cl. The van der Waals surface area contributed by atoms with Crippen LogP contribution in [0, 0.1) is 11.8 Å². The molecule has 0 bridgehead atoms. The topological polar surface area (TPSA) is 164 Å². The normalized spacial score (nSPS) is 28.9. The minimum atomic E-state index is -3.87. The third kappa shape index (κ3) is 7.99. The van der Waals surface area contributed by atoms with E-state index >= 15 is 0 Å². The van der Waals surface area contributed by atoms with E-state index in [1.165, 1.54) is 12.0 Å². The number of ether oxygens (including phenoxy) is 2. The lowest BCUT2D eigenvalue weighted by Gasteiger charge is -2.31. The Morgan fingerprint density at radius 2 is 1.81 bits per heavy atom. The zero-order valence-corrected chi connectivity index (χ0v) is 31.6. The van der Waals surface area contributed by atoms with E-state index in [9.17, 15) is 27.6 Å². The van der Waals surface area contributed by atoms with Gasteiger partial charge in [0.2, 0.25) is 33.6 Å². The first kappa shape index (κ1) is 37.4. The van der Waals surface area contributed by atoms with E-state index in [2.05, 4.69) is 15.0 Å². The number of nitrogens with one attached hydrogen (secondary N) is 2. The number of likely N-dealkylation sites (tertiary alicyclic amines) is 1. The first-order chi connectivity index (χ1) is 25.5. The third-order valence-electron chi connectivity index (χ3n) is 11.4. The number of methoxy groups -OCH3 is 1. The summed E-state index contributed by atoms with van der Waals surface area (Å²) in [7, 11) is -2.35. The molecule has 13 nitrogen and oxygen atoms in total. The molecule has 5 aliphatic rings. The van der Waals surface area contributed by atoms with Gasteiger partial charge in [-0.3, -0.25) is 23.9 Å². The number of amides is 4. The van der Waals surface area contributed by atoms with Crippen molar-refractivity contribution in [1.82, 2.24) is 24.8 Å². The van der Waals surface area contributed by atoms with Crippen LogP contribution in [0.15, 0.2) is 36.5 Å². The average Bonchev–Trinajstić information content (AvgIpc) is 4.08. The van der Waals surface area contributed by atoms with Crippen LogP contribution >= 0.6 is 11.6 Å². The lowest BCUT2D eigenvalue weighted by atomic mass is 9.94. The molecule has 4 fully saturated rings. The summed E-state index contributed by atoms with van der Waals surface area (Å²) >= 11 is 6.61. The van der Waals surface area contributed by atoms with Crippen LogP contribution in [0.5, 0.6) is 11.6 Å². The van der Waals surface area contributed by atoms with Gasteiger partial charge in [-0.1, -0.05) is 36.6 Å². The van der Waals surface area contributed by atoms with Crippen molar-refractivity contribution in [2.75, 3.05) is 26.7 Å². The lowest BCUT2D eigenvalue weighted by molar-refractivity contribution is -0.145. The van der Waals surface area contributed by atoms with Gasteiger partial charge in [0.15, 0.2) is 0 Å². The van der Waals surface area contributed by atoms with Gasteiger partial charge in [-0.15, -0.1) is 0 Å². The van der Waals surface area contributed by atoms with Crippen LogP contribution in [0.1, 0.15) is 83.5 Å². The maximum absolute atomic E-state index is 14.6. The summed E-state index contributed by atoms with van der Waals surface area (Å²) in [5.74, 6) is -1.99. The highest BCUT2D eigenvalue weighted by Crippen LogP contribution is 2.46. The molecule has 2 aliphatic carbocycles. The Bertz CT molecular complexity index is 1900. The fourth-order valence-electron chi connectivity index (χ4n) is 8.04. The van der Waals surface area contributed by atoms with Crippen molar-refractivity contribution in [1.29, 1.82) is 0 Å². The summed E-state index contributed by atoms with van der Waals surface area (Å²) in [5, 5.41) is 3.99. The zero-order chi connectivity index (χ0) is 37.3. The predicted octanol–water partition coefficient (Wildman–Crippen LogP) is 4.27. The number of halogens is 1. The van der Waals surface area contributed by atoms with Crippen LogP contribution in [-0.4, -0.2) is 96.5 Å². The largest absolute Gasteiger partial charge is 0.495 e. The number of rotatable bonds is 8. The lowest BCUT2D eigenvalue weighted by Crippen LogP contribution is -2.57. The molecule has 0 radical (unpaired) electrons. The highest BCUT2D eigenvalue weighted by Gasteiger charge is 2.62. The first-order valence-electron chi connectivity index (χ1n) is 18.9. The second kappa shape index (κ2) is 15.4. The van der Waals surface area contributed by atoms with Crippen LogP contribution in [0.2, 0.25) is 5.02 Å². The molecule has 0 spiro atoms. The smallest absolute Gasteiger partial charge is 0.259 e. The van der Waals surface area contributed by atoms with Gasteiger partial charge in [0, 0.05) is 54.7 Å². The van der Waals surface area contributed by atoms with Crippen LogP contribution < -0.4 is 19.5 Å². The Labute approximate surface area is 315 Å². The number of carbonyl (C=O) groups excluding carboxylic acids is 4. The molecule has 2 aromatic rings. The van der Waals surface area contributed by atoms with Gasteiger partial charge in [-0.05, 0) is 76.0 Å². The monoisotopic (exact) mass is 769 g/mol. The summed E-state index contributed by atoms with van der Waals surface area (Å²) in [6.45, 7) is 1.39. The molecular weight excluding hydrogens is 722 g/mol. The minimum absolute atomic E-state index is 0.0475. The fraction of sp³-hybridized carbons (Fsp3) is 0.605. The molecule has 2 N–H and O–H groups in total. The van der Waals surface area contributed by atoms with Crippen LogP contribution in [0.4, 0.5) is 0 Å². The number of nitrogens with zero attached hydrogens (tertiary/aromatic N) is 3. The highest BCUT2D eigenvalue weighted by atomic mass is 35.5. The Balaban J connectivity index is 1.19. The van der Waals surface area contributed by atoms with Crippen molar-refractivity contribution in [2.45, 2.75) is 106 Å². The molecule has 4 heterocycles. The van der Waals surface area contributed by atoms with E-state index in [4.69, 9.17) is 21.1 Å². The summed E-state index contributed by atoms with van der Waals surface area (Å²) in [6, 6.07) is 4.21. The zero-order valence-electron chi connectivity index (χ0n) is 30.1. The number of benzene rings is 1. The Morgan fingerprint density at radius 3 is 2.57 bits per heavy atom. The summed E-state index contributed by atoms with van der Waals surface area (Å²) in [6.07, 6.45) is 12.7. The number of allylic oxidation sites excluding steroid dienone is 1. The molecule has 3 aliphatic heterocycles. The van der Waals surface area contributed by atoms with Gasteiger partial charge in [-0.25, -0.2) is 13.4 Å². The molecular formula is C38H48ClN5O8S. The molecule has 1 aromatic heterocycles. The quantitative estimate of drug-likeness (QED) is 0.374. The average molecular weight is 770 g/mol. The summed E-state index contributed by atoms with van der Waals surface area (Å²) < 4.78 is 39.7. The van der Waals surface area contributed by atoms with Crippen LogP contribution in [-0.2, 0) is 29.2 Å². The van der Waals surface area contributed by atoms with Gasteiger partial charge in [0.25, 0.3) is 5.91 Å². The van der Waals surface area contributed by atoms with Gasteiger partial charge in [0.1, 0.15) is 23.4 Å². The van der Waals surface area contributed by atoms with Crippen molar-refractivity contribution in [2.24, 2.45) is 11.8 Å². The number of aromatic nitrogens is 1. The molecule has 53 heavy (non-hydrogen) atoms. The molecule has 1 unspecified atom stereocenters. The number of carbonyl (C=O) groups is 4. The van der Waals surface area contributed by atoms with Gasteiger partial charge < -0.3 is 24.6 Å². The van der Waals surface area contributed by atoms with Crippen LogP contribution in [0.3, 0.4) is 0 Å². The van der Waals surface area contributed by atoms with E-state index in [1.54, 1.807) is 24.4 Å². The predicted molar refractivity (Wildman–Crippen MR) is 198 cm³/mol. The molecule has 4 amide bonds. The number of piperidine rings is 1. The van der Waals surface area contributed by atoms with E-state index in [0.29, 0.717) is 53.9 Å². The number of hydrogen-bond donors (Lipinski definition) is 2. The molecule has 15 heteroatoms. The highest BCUT2D eigenvalue weighted by molar-refractivity contribution is 7.91. The molecule has 2 saturated carbocycles. The standard InChI is InChI=1S/C38H48ClN5O8S/c1-51-31-15-14-29-28(33(31)39)16-17-40-35(29)52-26-21-30-34(46)41-38(37(48)42-53(49,50)27-12-13-27)22-25(38)11-7-4-2-3-6-10-24(36(47)44(30)23-26)20-32(45)43-18-8-5-9-19-43/h7,11,14-17,24-27,30H,2-6,8-10,12-13,18-23H2,1H3,(H,41,46)(H,42,48)/b11-7-/t24-,25-,26-,30+,38?/m1/s1. The minimum Gasteiger partial charge on any atom is -0.495 e. The Hall–Kier alpha value is -3.91. The van der Waals surface area contributed by atoms with E-state index in [0.717, 1.165) is 44.9 Å². The van der Waals surface area contributed by atoms with Crippen molar-refractivity contribution in [3.8, 4) is 11.6 Å². The molecule has 7 rings (SSSR count). The van der Waals surface area contributed by atoms with E-state index < -0.39 is 56.6 Å². The molecule has 2 saturated heterocycles. The summed E-state index contributed by atoms with van der Waals surface area (Å²) in [4.78, 5) is 64.1. The van der Waals surface area contributed by atoms with Gasteiger partial charge >= 0.3 is 0 Å². The van der Waals surface area contributed by atoms with Crippen LogP contribution in [0.25, 0.3) is 10.8 Å². The fourth-order valence-corrected chi connectivity index (χ4v) is 9.71.